The molecule has 0 spiro atoms. The van der Waals surface area contributed by atoms with Crippen molar-refractivity contribution in [3.05, 3.63) is 34.9 Å². The van der Waals surface area contributed by atoms with Gasteiger partial charge in [-0.3, -0.25) is 4.79 Å². The minimum absolute atomic E-state index is 0.0866. The smallest absolute Gasteiger partial charge is 0.338 e. The van der Waals surface area contributed by atoms with E-state index in [1.807, 2.05) is 26.8 Å². The van der Waals surface area contributed by atoms with Crippen LogP contribution in [0.5, 0.6) is 0 Å². The average Bonchev–Trinajstić information content (AvgIpc) is 2.56. The maximum absolute atomic E-state index is 12.1. The van der Waals surface area contributed by atoms with Crippen LogP contribution in [0.15, 0.2) is 18.2 Å². The largest absolute Gasteiger partial charge is 0.467 e. The van der Waals surface area contributed by atoms with Crippen LogP contribution in [0.4, 0.5) is 0 Å². The van der Waals surface area contributed by atoms with Crippen LogP contribution in [0.1, 0.15) is 41.8 Å². The summed E-state index contributed by atoms with van der Waals surface area (Å²) in [5.74, 6) is -1.71. The van der Waals surface area contributed by atoms with Crippen LogP contribution >= 0.6 is 0 Å². The number of hydrogen-bond donors (Lipinski definition) is 1. The molecule has 0 saturated carbocycles. The molecule has 0 radical (unpaired) electrons. The summed E-state index contributed by atoms with van der Waals surface area (Å²) in [4.78, 5) is 35.8. The number of amides is 1. The molecule has 0 aromatic heterocycles. The third-order valence-corrected chi connectivity index (χ3v) is 3.92. The molecule has 0 bridgehead atoms. The normalized spacial score (nSPS) is 12.9. The van der Waals surface area contributed by atoms with Gasteiger partial charge in [-0.05, 0) is 31.4 Å². The van der Waals surface area contributed by atoms with Gasteiger partial charge in [-0.2, -0.15) is 0 Å². The van der Waals surface area contributed by atoms with Crippen molar-refractivity contribution < 1.29 is 23.9 Å². The number of esters is 2. The fourth-order valence-electron chi connectivity index (χ4n) is 2.26. The molecule has 0 heterocycles. The van der Waals surface area contributed by atoms with E-state index >= 15 is 0 Å². The summed E-state index contributed by atoms with van der Waals surface area (Å²) in [7, 11) is 1.27. The maximum atomic E-state index is 12.1. The second-order valence-corrected chi connectivity index (χ2v) is 5.85. The number of carbonyl (C=O) groups is 3. The quantitative estimate of drug-likeness (QED) is 0.772. The highest BCUT2D eigenvalue weighted by atomic mass is 16.5. The van der Waals surface area contributed by atoms with E-state index in [9.17, 15) is 14.4 Å². The molecule has 0 aliphatic heterocycles. The lowest BCUT2D eigenvalue weighted by Crippen LogP contribution is -2.47. The van der Waals surface area contributed by atoms with Crippen molar-refractivity contribution >= 4 is 17.8 Å². The molecular weight excluding hydrogens is 310 g/mol. The lowest BCUT2D eigenvalue weighted by molar-refractivity contribution is -0.147. The SMILES string of the molecule is CC[C@@H](C)[C@@H](NC(=O)COC(=O)c1ccc(C)cc1C)C(=O)OC. The zero-order chi connectivity index (χ0) is 18.3. The first-order valence-corrected chi connectivity index (χ1v) is 7.91. The lowest BCUT2D eigenvalue weighted by atomic mass is 9.99. The molecule has 0 saturated heterocycles. The van der Waals surface area contributed by atoms with Crippen molar-refractivity contribution in [2.75, 3.05) is 13.7 Å². The topological polar surface area (TPSA) is 81.7 Å². The first-order chi connectivity index (χ1) is 11.3. The van der Waals surface area contributed by atoms with Crippen molar-refractivity contribution in [3.63, 3.8) is 0 Å². The Bertz CT molecular complexity index is 611. The molecule has 1 aromatic rings. The Hall–Kier alpha value is -2.37. The average molecular weight is 335 g/mol. The van der Waals surface area contributed by atoms with E-state index in [-0.39, 0.29) is 5.92 Å². The predicted octanol–water partition coefficient (Wildman–Crippen LogP) is 2.16. The summed E-state index contributed by atoms with van der Waals surface area (Å²) in [5, 5.41) is 2.56. The van der Waals surface area contributed by atoms with Crippen molar-refractivity contribution in [1.82, 2.24) is 5.32 Å². The number of hydrogen-bond acceptors (Lipinski definition) is 5. The van der Waals surface area contributed by atoms with Gasteiger partial charge in [0.2, 0.25) is 0 Å². The van der Waals surface area contributed by atoms with Crippen LogP contribution in [0.25, 0.3) is 0 Å². The Morgan fingerprint density at radius 3 is 2.42 bits per heavy atom. The number of nitrogens with one attached hydrogen (secondary N) is 1. The highest BCUT2D eigenvalue weighted by Gasteiger charge is 2.27. The van der Waals surface area contributed by atoms with E-state index in [1.54, 1.807) is 19.1 Å². The minimum Gasteiger partial charge on any atom is -0.467 e. The summed E-state index contributed by atoms with van der Waals surface area (Å²) in [6, 6.07) is 4.58. The van der Waals surface area contributed by atoms with E-state index in [1.165, 1.54) is 7.11 Å². The van der Waals surface area contributed by atoms with Crippen LogP contribution in [0.2, 0.25) is 0 Å². The van der Waals surface area contributed by atoms with Gasteiger partial charge in [0.1, 0.15) is 6.04 Å². The van der Waals surface area contributed by atoms with Crippen molar-refractivity contribution in [3.8, 4) is 0 Å². The van der Waals surface area contributed by atoms with Crippen LogP contribution in [-0.4, -0.2) is 37.6 Å². The molecule has 0 fully saturated rings. The molecule has 0 unspecified atom stereocenters. The molecule has 0 aliphatic rings. The van der Waals surface area contributed by atoms with Crippen LogP contribution < -0.4 is 5.32 Å². The van der Waals surface area contributed by atoms with Gasteiger partial charge >= 0.3 is 11.9 Å². The molecular formula is C18H25NO5. The zero-order valence-corrected chi connectivity index (χ0v) is 14.8. The first kappa shape index (κ1) is 19.7. The zero-order valence-electron chi connectivity index (χ0n) is 14.8. The van der Waals surface area contributed by atoms with Gasteiger partial charge in [0.25, 0.3) is 5.91 Å². The van der Waals surface area contributed by atoms with E-state index in [2.05, 4.69) is 5.32 Å². The van der Waals surface area contributed by atoms with Gasteiger partial charge in [-0.1, -0.05) is 38.0 Å². The minimum atomic E-state index is -0.757. The van der Waals surface area contributed by atoms with Gasteiger partial charge in [0, 0.05) is 0 Å². The molecule has 1 rings (SSSR count). The number of methoxy groups -OCH3 is 1. The van der Waals surface area contributed by atoms with Gasteiger partial charge < -0.3 is 14.8 Å². The van der Waals surface area contributed by atoms with Gasteiger partial charge in [0.15, 0.2) is 6.61 Å². The summed E-state index contributed by atoms with van der Waals surface area (Å²) < 4.78 is 9.73. The Labute approximate surface area is 142 Å². The molecule has 132 valence electrons. The third-order valence-electron chi connectivity index (χ3n) is 3.92. The Kier molecular flexibility index (Phi) is 7.42. The summed E-state index contributed by atoms with van der Waals surface area (Å²) in [6.45, 7) is 7.03. The van der Waals surface area contributed by atoms with Crippen LogP contribution in [-0.2, 0) is 19.1 Å². The molecule has 6 heteroatoms. The van der Waals surface area contributed by atoms with Crippen LogP contribution in [0.3, 0.4) is 0 Å². The number of carbonyl (C=O) groups excluding carboxylic acids is 3. The number of benzene rings is 1. The molecule has 1 aromatic carbocycles. The number of ether oxygens (including phenoxy) is 2. The van der Waals surface area contributed by atoms with Crippen LogP contribution in [0, 0.1) is 19.8 Å². The number of rotatable bonds is 7. The van der Waals surface area contributed by atoms with E-state index in [4.69, 9.17) is 9.47 Å². The van der Waals surface area contributed by atoms with Gasteiger partial charge in [-0.25, -0.2) is 9.59 Å². The Morgan fingerprint density at radius 2 is 1.88 bits per heavy atom. The molecule has 0 aliphatic carbocycles. The van der Waals surface area contributed by atoms with E-state index in [0.29, 0.717) is 12.0 Å². The summed E-state index contributed by atoms with van der Waals surface area (Å²) >= 11 is 0. The fraction of sp³-hybridized carbons (Fsp3) is 0.500. The van der Waals surface area contributed by atoms with Gasteiger partial charge in [0.05, 0.1) is 12.7 Å². The molecule has 6 nitrogen and oxygen atoms in total. The maximum Gasteiger partial charge on any atom is 0.338 e. The van der Waals surface area contributed by atoms with Crippen molar-refractivity contribution in [1.29, 1.82) is 0 Å². The number of aryl methyl sites for hydroxylation is 2. The monoisotopic (exact) mass is 335 g/mol. The Balaban J connectivity index is 2.64. The molecule has 2 atom stereocenters. The highest BCUT2D eigenvalue weighted by molar-refractivity contribution is 5.93. The second-order valence-electron chi connectivity index (χ2n) is 5.85. The second kappa shape index (κ2) is 9.05. The Morgan fingerprint density at radius 1 is 1.21 bits per heavy atom. The third kappa shape index (κ3) is 5.37. The predicted molar refractivity (Wildman–Crippen MR) is 89.6 cm³/mol. The fourth-order valence-corrected chi connectivity index (χ4v) is 2.26. The summed E-state index contributed by atoms with van der Waals surface area (Å²) in [6.07, 6.45) is 0.697. The first-order valence-electron chi connectivity index (χ1n) is 7.91. The molecule has 1 N–H and O–H groups in total. The van der Waals surface area contributed by atoms with E-state index in [0.717, 1.165) is 11.1 Å². The molecule has 24 heavy (non-hydrogen) atoms. The van der Waals surface area contributed by atoms with Gasteiger partial charge in [-0.15, -0.1) is 0 Å². The van der Waals surface area contributed by atoms with E-state index < -0.39 is 30.5 Å². The highest BCUT2D eigenvalue weighted by Crippen LogP contribution is 2.12. The standard InChI is InChI=1S/C18H25NO5/c1-6-12(3)16(18(22)23-5)19-15(20)10-24-17(21)14-8-7-11(2)9-13(14)4/h7-9,12,16H,6,10H2,1-5H3,(H,19,20)/t12-,16-/m1/s1. The van der Waals surface area contributed by atoms with Crippen molar-refractivity contribution in [2.24, 2.45) is 5.92 Å². The van der Waals surface area contributed by atoms with Crippen molar-refractivity contribution in [2.45, 2.75) is 40.2 Å². The molecule has 1 amide bonds. The lowest BCUT2D eigenvalue weighted by Gasteiger charge is -2.21. The summed E-state index contributed by atoms with van der Waals surface area (Å²) in [5.41, 5.74) is 2.24.